The Morgan fingerprint density at radius 3 is 1.00 bits per heavy atom. The standard InChI is InChI=1S/2C3H4O2.C2H4O/c2*1-2-3(4)5;1-2-3/h2*2H,1H2,(H,4,5);2-3H,1H2. The zero-order chi connectivity index (χ0) is 11.3. The minimum absolute atomic E-state index is 0.750. The maximum atomic E-state index is 9.25. The molecule has 0 saturated carbocycles. The molecule has 0 spiro atoms. The highest BCUT2D eigenvalue weighted by Gasteiger charge is 1.73. The van der Waals surface area contributed by atoms with Gasteiger partial charge in [0.15, 0.2) is 0 Å². The number of carboxylic acids is 2. The zero-order valence-corrected chi connectivity index (χ0v) is 7.01. The summed E-state index contributed by atoms with van der Waals surface area (Å²) in [6.45, 7) is 8.84. The van der Waals surface area contributed by atoms with Crippen LogP contribution in [-0.2, 0) is 9.59 Å². The summed E-state index contributed by atoms with van der Waals surface area (Å²) >= 11 is 0. The molecule has 0 radical (unpaired) electrons. The molecule has 3 N–H and O–H groups in total. The second-order valence-electron chi connectivity index (χ2n) is 1.27. The summed E-state index contributed by atoms with van der Waals surface area (Å²) in [7, 11) is 0. The van der Waals surface area contributed by atoms with Gasteiger partial charge in [0, 0.05) is 12.2 Å². The van der Waals surface area contributed by atoms with E-state index in [-0.39, 0.29) is 0 Å². The number of aliphatic carboxylic acids is 2. The molecular weight excluding hydrogens is 176 g/mol. The number of hydrogen-bond donors (Lipinski definition) is 3. The number of hydrogen-bond acceptors (Lipinski definition) is 3. The average Bonchev–Trinajstić information content (AvgIpc) is 2.07. The Morgan fingerprint density at radius 1 is 0.923 bits per heavy atom. The van der Waals surface area contributed by atoms with Crippen molar-refractivity contribution >= 4 is 11.9 Å². The van der Waals surface area contributed by atoms with Gasteiger partial charge in [-0.2, -0.15) is 0 Å². The van der Waals surface area contributed by atoms with Crippen molar-refractivity contribution in [3.8, 4) is 0 Å². The molecule has 0 unspecified atom stereocenters. The van der Waals surface area contributed by atoms with Gasteiger partial charge in [-0.15, -0.1) is 0 Å². The molecule has 5 nitrogen and oxygen atoms in total. The van der Waals surface area contributed by atoms with Gasteiger partial charge in [0.25, 0.3) is 0 Å². The van der Waals surface area contributed by atoms with E-state index in [0.29, 0.717) is 0 Å². The van der Waals surface area contributed by atoms with Gasteiger partial charge in [0.05, 0.1) is 6.26 Å². The Labute approximate surface area is 75.9 Å². The van der Waals surface area contributed by atoms with Crippen LogP contribution in [0.2, 0.25) is 0 Å². The minimum Gasteiger partial charge on any atom is -0.516 e. The monoisotopic (exact) mass is 188 g/mol. The van der Waals surface area contributed by atoms with Crippen LogP contribution in [0.3, 0.4) is 0 Å². The lowest BCUT2D eigenvalue weighted by Gasteiger charge is -1.64. The van der Waals surface area contributed by atoms with E-state index in [2.05, 4.69) is 19.7 Å². The van der Waals surface area contributed by atoms with Gasteiger partial charge in [0.1, 0.15) is 0 Å². The van der Waals surface area contributed by atoms with Crippen molar-refractivity contribution in [3.05, 3.63) is 38.2 Å². The maximum Gasteiger partial charge on any atom is 0.327 e. The van der Waals surface area contributed by atoms with Crippen molar-refractivity contribution in [2.24, 2.45) is 0 Å². The van der Waals surface area contributed by atoms with Gasteiger partial charge in [-0.05, 0) is 0 Å². The highest BCUT2D eigenvalue weighted by atomic mass is 16.4. The molecule has 13 heavy (non-hydrogen) atoms. The van der Waals surface area contributed by atoms with Gasteiger partial charge >= 0.3 is 11.9 Å². The molecule has 0 aromatic heterocycles. The number of rotatable bonds is 2. The van der Waals surface area contributed by atoms with Gasteiger partial charge in [0.2, 0.25) is 0 Å². The van der Waals surface area contributed by atoms with E-state index in [9.17, 15) is 9.59 Å². The first kappa shape index (κ1) is 17.2. The number of carboxylic acid groups (broad SMARTS) is 2. The molecule has 0 amide bonds. The summed E-state index contributed by atoms with van der Waals surface area (Å²) < 4.78 is 0. The molecule has 0 aliphatic heterocycles. The van der Waals surface area contributed by atoms with Crippen LogP contribution in [0.4, 0.5) is 0 Å². The molecule has 0 bridgehead atoms. The molecule has 0 fully saturated rings. The molecular formula is C8H12O5. The van der Waals surface area contributed by atoms with Crippen LogP contribution in [0, 0.1) is 0 Å². The predicted molar refractivity (Wildman–Crippen MR) is 48.5 cm³/mol. The summed E-state index contributed by atoms with van der Waals surface area (Å²) in [5, 5.41) is 22.5. The highest BCUT2D eigenvalue weighted by molar-refractivity contribution is 5.79. The van der Waals surface area contributed by atoms with E-state index in [1.54, 1.807) is 0 Å². The van der Waals surface area contributed by atoms with Crippen LogP contribution >= 0.6 is 0 Å². The Kier molecular flexibility index (Phi) is 21.8. The summed E-state index contributed by atoms with van der Waals surface area (Å²) in [6.07, 6.45) is 2.42. The molecule has 5 heteroatoms. The van der Waals surface area contributed by atoms with Gasteiger partial charge in [-0.1, -0.05) is 19.7 Å². The lowest BCUT2D eigenvalue weighted by Crippen LogP contribution is -1.82. The Balaban J connectivity index is -0.000000120. The largest absolute Gasteiger partial charge is 0.516 e. The SMILES string of the molecule is C=CC(=O)O.C=CC(=O)O.C=CO. The molecule has 0 aliphatic carbocycles. The first-order valence-corrected chi connectivity index (χ1v) is 2.92. The fourth-order valence-corrected chi connectivity index (χ4v) is 0. The van der Waals surface area contributed by atoms with Crippen LogP contribution in [0.5, 0.6) is 0 Å². The van der Waals surface area contributed by atoms with E-state index in [0.717, 1.165) is 18.4 Å². The smallest absolute Gasteiger partial charge is 0.327 e. The van der Waals surface area contributed by atoms with Gasteiger partial charge in [-0.3, -0.25) is 0 Å². The van der Waals surface area contributed by atoms with E-state index in [1.165, 1.54) is 0 Å². The molecule has 74 valence electrons. The first-order chi connectivity index (χ1) is 5.95. The maximum absolute atomic E-state index is 9.25. The second kappa shape index (κ2) is 16.5. The Bertz CT molecular complexity index is 165. The van der Waals surface area contributed by atoms with Crippen molar-refractivity contribution < 1.29 is 24.9 Å². The van der Waals surface area contributed by atoms with E-state index < -0.39 is 11.9 Å². The van der Waals surface area contributed by atoms with Crippen molar-refractivity contribution in [3.63, 3.8) is 0 Å². The number of aliphatic hydroxyl groups excluding tert-OH is 1. The third-order valence-corrected chi connectivity index (χ3v) is 0.349. The third-order valence-electron chi connectivity index (χ3n) is 0.349. The van der Waals surface area contributed by atoms with Crippen molar-refractivity contribution in [1.29, 1.82) is 0 Å². The fourth-order valence-electron chi connectivity index (χ4n) is 0. The first-order valence-electron chi connectivity index (χ1n) is 2.92. The van der Waals surface area contributed by atoms with Crippen LogP contribution in [-0.4, -0.2) is 27.3 Å². The molecule has 0 aromatic carbocycles. The molecule has 0 atom stereocenters. The molecule has 0 aromatic rings. The Morgan fingerprint density at radius 2 is 1.00 bits per heavy atom. The quantitative estimate of drug-likeness (QED) is 0.447. The Hall–Kier alpha value is -2.04. The predicted octanol–water partition coefficient (Wildman–Crippen LogP) is 1.20. The van der Waals surface area contributed by atoms with Crippen molar-refractivity contribution in [2.45, 2.75) is 0 Å². The van der Waals surface area contributed by atoms with Crippen molar-refractivity contribution in [1.82, 2.24) is 0 Å². The molecule has 0 saturated heterocycles. The summed E-state index contributed by atoms with van der Waals surface area (Å²) in [6, 6.07) is 0. The van der Waals surface area contributed by atoms with E-state index >= 15 is 0 Å². The highest BCUT2D eigenvalue weighted by Crippen LogP contribution is 1.55. The van der Waals surface area contributed by atoms with Gasteiger partial charge < -0.3 is 15.3 Å². The molecule has 0 heterocycles. The second-order valence-corrected chi connectivity index (χ2v) is 1.27. The summed E-state index contributed by atoms with van der Waals surface area (Å²) in [5.74, 6) is -1.96. The average molecular weight is 188 g/mol. The minimum atomic E-state index is -0.981. The summed E-state index contributed by atoms with van der Waals surface area (Å²) in [5.41, 5.74) is 0. The lowest BCUT2D eigenvalue weighted by atomic mass is 10.7. The van der Waals surface area contributed by atoms with Gasteiger partial charge in [-0.25, -0.2) is 9.59 Å². The molecule has 0 rings (SSSR count). The number of carbonyl (C=O) groups is 2. The molecule has 0 aliphatic rings. The van der Waals surface area contributed by atoms with E-state index in [4.69, 9.17) is 15.3 Å². The third kappa shape index (κ3) is 164. The topological polar surface area (TPSA) is 94.8 Å². The van der Waals surface area contributed by atoms with Crippen LogP contribution in [0.15, 0.2) is 38.2 Å². The lowest BCUT2D eigenvalue weighted by molar-refractivity contribution is -0.132. The van der Waals surface area contributed by atoms with Crippen LogP contribution in [0.1, 0.15) is 0 Å². The normalized spacial score (nSPS) is 5.85. The van der Waals surface area contributed by atoms with E-state index in [1.807, 2.05) is 0 Å². The fraction of sp³-hybridized carbons (Fsp3) is 0. The van der Waals surface area contributed by atoms with Crippen LogP contribution in [0.25, 0.3) is 0 Å². The van der Waals surface area contributed by atoms with Crippen LogP contribution < -0.4 is 0 Å². The summed E-state index contributed by atoms with van der Waals surface area (Å²) in [4.78, 5) is 18.5. The zero-order valence-electron chi connectivity index (χ0n) is 7.01. The van der Waals surface area contributed by atoms with Crippen molar-refractivity contribution in [2.75, 3.05) is 0 Å². The number of aliphatic hydroxyl groups is 1.